The van der Waals surface area contributed by atoms with E-state index >= 15 is 0 Å². The van der Waals surface area contributed by atoms with Gasteiger partial charge in [0.15, 0.2) is 0 Å². The van der Waals surface area contributed by atoms with Crippen molar-refractivity contribution in [1.29, 1.82) is 0 Å². The van der Waals surface area contributed by atoms with Crippen LogP contribution in [0.2, 0.25) is 0 Å². The summed E-state index contributed by atoms with van der Waals surface area (Å²) < 4.78 is 0. The van der Waals surface area contributed by atoms with Crippen molar-refractivity contribution < 1.29 is 14.7 Å². The normalized spacial score (nSPS) is 18.1. The molecule has 6 heteroatoms. The number of thiazole rings is 1. The quantitative estimate of drug-likeness (QED) is 0.836. The van der Waals surface area contributed by atoms with E-state index in [-0.39, 0.29) is 5.91 Å². The van der Waals surface area contributed by atoms with Crippen molar-refractivity contribution in [1.82, 2.24) is 10.3 Å². The Morgan fingerprint density at radius 1 is 1.40 bits per heavy atom. The van der Waals surface area contributed by atoms with E-state index in [1.54, 1.807) is 6.08 Å². The van der Waals surface area contributed by atoms with Crippen molar-refractivity contribution >= 4 is 29.3 Å². The molecule has 1 fully saturated rings. The molecule has 0 aromatic carbocycles. The highest BCUT2D eigenvalue weighted by molar-refractivity contribution is 7.09. The van der Waals surface area contributed by atoms with Crippen LogP contribution in [-0.2, 0) is 9.59 Å². The van der Waals surface area contributed by atoms with Gasteiger partial charge in [-0.15, -0.1) is 11.3 Å². The second kappa shape index (κ2) is 6.17. The van der Waals surface area contributed by atoms with Crippen molar-refractivity contribution in [2.75, 3.05) is 0 Å². The Morgan fingerprint density at radius 2 is 2.10 bits per heavy atom. The SMILES string of the molecule is Cc1nc(C=CC(=O)NC2(C(=O)O)CCCCC2)cs1. The van der Waals surface area contributed by atoms with Gasteiger partial charge in [0.05, 0.1) is 10.7 Å². The van der Waals surface area contributed by atoms with Crippen LogP contribution in [0.1, 0.15) is 42.8 Å². The zero-order valence-electron chi connectivity index (χ0n) is 11.4. The topological polar surface area (TPSA) is 79.3 Å². The van der Waals surface area contributed by atoms with E-state index in [2.05, 4.69) is 10.3 Å². The largest absolute Gasteiger partial charge is 0.480 e. The zero-order chi connectivity index (χ0) is 14.6. The fraction of sp³-hybridized carbons (Fsp3) is 0.500. The summed E-state index contributed by atoms with van der Waals surface area (Å²) in [6.45, 7) is 1.89. The monoisotopic (exact) mass is 294 g/mol. The van der Waals surface area contributed by atoms with Gasteiger partial charge in [0, 0.05) is 11.5 Å². The lowest BCUT2D eigenvalue weighted by Gasteiger charge is -2.33. The number of aryl methyl sites for hydroxylation is 1. The highest BCUT2D eigenvalue weighted by atomic mass is 32.1. The molecule has 0 spiro atoms. The summed E-state index contributed by atoms with van der Waals surface area (Å²) >= 11 is 1.51. The Morgan fingerprint density at radius 3 is 2.65 bits per heavy atom. The summed E-state index contributed by atoms with van der Waals surface area (Å²) in [5.41, 5.74) is -0.381. The summed E-state index contributed by atoms with van der Waals surface area (Å²) in [5, 5.41) is 14.8. The highest BCUT2D eigenvalue weighted by Gasteiger charge is 2.40. The minimum Gasteiger partial charge on any atom is -0.480 e. The van der Waals surface area contributed by atoms with Crippen molar-refractivity contribution in [3.05, 3.63) is 22.2 Å². The average molecular weight is 294 g/mol. The number of carboxylic acid groups (broad SMARTS) is 1. The smallest absolute Gasteiger partial charge is 0.329 e. The first-order valence-corrected chi connectivity index (χ1v) is 7.56. The van der Waals surface area contributed by atoms with E-state index < -0.39 is 11.5 Å². The lowest BCUT2D eigenvalue weighted by atomic mass is 9.81. The molecule has 108 valence electrons. The second-order valence-electron chi connectivity index (χ2n) is 5.06. The Kier molecular flexibility index (Phi) is 4.54. The van der Waals surface area contributed by atoms with Crippen molar-refractivity contribution in [3.63, 3.8) is 0 Å². The molecule has 1 aromatic heterocycles. The number of carbonyl (C=O) groups is 2. The number of hydrogen-bond acceptors (Lipinski definition) is 4. The van der Waals surface area contributed by atoms with E-state index in [4.69, 9.17) is 0 Å². The number of hydrogen-bond donors (Lipinski definition) is 2. The summed E-state index contributed by atoms with van der Waals surface area (Å²) in [6, 6.07) is 0. The molecule has 0 saturated heterocycles. The van der Waals surface area contributed by atoms with Crippen LogP contribution in [-0.4, -0.2) is 27.5 Å². The number of nitrogens with zero attached hydrogens (tertiary/aromatic N) is 1. The third-order valence-corrected chi connectivity index (χ3v) is 4.31. The average Bonchev–Trinajstić information content (AvgIpc) is 2.83. The molecule has 0 aliphatic heterocycles. The van der Waals surface area contributed by atoms with Crippen LogP contribution < -0.4 is 5.32 Å². The maximum absolute atomic E-state index is 11.9. The number of carboxylic acids is 1. The summed E-state index contributed by atoms with van der Waals surface area (Å²) in [7, 11) is 0. The Balaban J connectivity index is 2.01. The van der Waals surface area contributed by atoms with Gasteiger partial charge in [-0.1, -0.05) is 19.3 Å². The molecule has 0 radical (unpaired) electrons. The molecule has 1 amide bonds. The van der Waals surface area contributed by atoms with Gasteiger partial charge in [0.2, 0.25) is 5.91 Å². The first kappa shape index (κ1) is 14.7. The highest BCUT2D eigenvalue weighted by Crippen LogP contribution is 2.28. The minimum atomic E-state index is -1.10. The van der Waals surface area contributed by atoms with Gasteiger partial charge < -0.3 is 10.4 Å². The first-order chi connectivity index (χ1) is 9.52. The predicted molar refractivity (Wildman–Crippen MR) is 77.5 cm³/mol. The molecule has 0 bridgehead atoms. The van der Waals surface area contributed by atoms with E-state index in [1.165, 1.54) is 17.4 Å². The van der Waals surface area contributed by atoms with E-state index in [9.17, 15) is 14.7 Å². The van der Waals surface area contributed by atoms with Crippen LogP contribution in [0.4, 0.5) is 0 Å². The number of nitrogens with one attached hydrogen (secondary N) is 1. The van der Waals surface area contributed by atoms with Crippen LogP contribution in [0.25, 0.3) is 6.08 Å². The van der Waals surface area contributed by atoms with Crippen LogP contribution in [0, 0.1) is 6.92 Å². The molecule has 2 N–H and O–H groups in total. The fourth-order valence-electron chi connectivity index (χ4n) is 2.44. The van der Waals surface area contributed by atoms with Crippen LogP contribution >= 0.6 is 11.3 Å². The minimum absolute atomic E-state index is 0.375. The van der Waals surface area contributed by atoms with Gasteiger partial charge in [0.25, 0.3) is 0 Å². The molecule has 1 aliphatic carbocycles. The maximum Gasteiger partial charge on any atom is 0.329 e. The molecule has 0 unspecified atom stereocenters. The van der Waals surface area contributed by atoms with Gasteiger partial charge in [-0.25, -0.2) is 9.78 Å². The summed E-state index contributed by atoms with van der Waals surface area (Å²) in [5.74, 6) is -1.32. The molecule has 5 nitrogen and oxygen atoms in total. The first-order valence-electron chi connectivity index (χ1n) is 6.68. The maximum atomic E-state index is 11.9. The standard InChI is InChI=1S/C14H18N2O3S/c1-10-15-11(9-20-10)5-6-12(17)16-14(13(18)19)7-3-2-4-8-14/h5-6,9H,2-4,7-8H2,1H3,(H,16,17)(H,18,19). The van der Waals surface area contributed by atoms with Crippen LogP contribution in [0.3, 0.4) is 0 Å². The second-order valence-corrected chi connectivity index (χ2v) is 6.12. The Hall–Kier alpha value is -1.69. The lowest BCUT2D eigenvalue weighted by molar-refractivity contribution is -0.148. The number of aliphatic carboxylic acids is 1. The Labute approximate surface area is 121 Å². The van der Waals surface area contributed by atoms with E-state index in [1.807, 2.05) is 12.3 Å². The fourth-order valence-corrected chi connectivity index (χ4v) is 3.02. The van der Waals surface area contributed by atoms with Crippen molar-refractivity contribution in [3.8, 4) is 0 Å². The molecule has 1 aliphatic rings. The molecule has 1 heterocycles. The number of carbonyl (C=O) groups excluding carboxylic acids is 1. The molecule has 2 rings (SSSR count). The van der Waals surface area contributed by atoms with Gasteiger partial charge in [-0.05, 0) is 25.8 Å². The molecule has 0 atom stereocenters. The van der Waals surface area contributed by atoms with Gasteiger partial charge >= 0.3 is 5.97 Å². The van der Waals surface area contributed by atoms with Crippen LogP contribution in [0.5, 0.6) is 0 Å². The summed E-state index contributed by atoms with van der Waals surface area (Å²) in [4.78, 5) is 27.6. The third kappa shape index (κ3) is 3.45. The van der Waals surface area contributed by atoms with Crippen LogP contribution in [0.15, 0.2) is 11.5 Å². The molecule has 1 saturated carbocycles. The number of amides is 1. The van der Waals surface area contributed by atoms with E-state index in [0.29, 0.717) is 12.8 Å². The Bertz CT molecular complexity index is 530. The molecular formula is C14H18N2O3S. The molecular weight excluding hydrogens is 276 g/mol. The summed E-state index contributed by atoms with van der Waals surface area (Å²) in [6.07, 6.45) is 6.66. The van der Waals surface area contributed by atoms with Crippen molar-refractivity contribution in [2.24, 2.45) is 0 Å². The lowest BCUT2D eigenvalue weighted by Crippen LogP contribution is -2.55. The van der Waals surface area contributed by atoms with Crippen molar-refractivity contribution in [2.45, 2.75) is 44.6 Å². The number of aromatic nitrogens is 1. The van der Waals surface area contributed by atoms with Gasteiger partial charge in [-0.2, -0.15) is 0 Å². The molecule has 20 heavy (non-hydrogen) atoms. The van der Waals surface area contributed by atoms with Gasteiger partial charge in [-0.3, -0.25) is 4.79 Å². The number of rotatable bonds is 4. The predicted octanol–water partition coefficient (Wildman–Crippen LogP) is 2.37. The third-order valence-electron chi connectivity index (χ3n) is 3.52. The van der Waals surface area contributed by atoms with Gasteiger partial charge in [0.1, 0.15) is 5.54 Å². The zero-order valence-corrected chi connectivity index (χ0v) is 12.2. The molecule has 1 aromatic rings. The van der Waals surface area contributed by atoms with E-state index in [0.717, 1.165) is 30.0 Å².